The lowest BCUT2D eigenvalue weighted by Gasteiger charge is -2.15. The highest BCUT2D eigenvalue weighted by molar-refractivity contribution is 5.70. The molecule has 5 nitrogen and oxygen atoms in total. The first kappa shape index (κ1) is 62.8. The molecule has 0 bridgehead atoms. The second-order valence-electron chi connectivity index (χ2n) is 17.2. The van der Waals surface area contributed by atoms with Crippen molar-refractivity contribution in [2.75, 3.05) is 13.2 Å². The SMILES string of the molecule is CC/C=C\C/C=C\C/C=C\C/C=C\C/C=C\C/C=C\C/C=C\C/C=C\C/C=C\C/C=C\C/C=C\C/C=C\CCCCCCC(=O)OC(CO)COC(=O)CCCCCCCCCCCCCC. The van der Waals surface area contributed by atoms with Gasteiger partial charge in [0.2, 0.25) is 0 Å². The molecule has 0 saturated carbocycles. The highest BCUT2D eigenvalue weighted by Gasteiger charge is 2.16. The van der Waals surface area contributed by atoms with E-state index in [1.54, 1.807) is 0 Å². The lowest BCUT2D eigenvalue weighted by Crippen LogP contribution is -2.28. The molecule has 1 unspecified atom stereocenters. The zero-order valence-electron chi connectivity index (χ0n) is 42.8. The van der Waals surface area contributed by atoms with Crippen LogP contribution in [0.15, 0.2) is 146 Å². The fourth-order valence-electron chi connectivity index (χ4n) is 6.89. The van der Waals surface area contributed by atoms with Crippen molar-refractivity contribution in [2.45, 2.75) is 219 Å². The van der Waals surface area contributed by atoms with Gasteiger partial charge in [0.25, 0.3) is 0 Å². The van der Waals surface area contributed by atoms with Gasteiger partial charge in [-0.3, -0.25) is 9.59 Å². The standard InChI is InChI=1S/C62H98O5/c1-3-5-7-9-11-13-15-17-18-19-20-21-22-23-24-25-26-27-28-29-30-31-32-33-34-35-36-37-38-39-40-41-42-43-44-45-47-49-51-53-55-57-62(65)67-60(58-63)59-66-61(64)56-54-52-50-48-46-16-14-12-10-8-6-4-2/h5,7,11,13,17-18,20-21,23-24,26-27,29-30,32-33,35-36,38-39,41-42,44-45,60,63H,3-4,6,8-10,12,14-16,19,22,25,28,31,34,37,40,43,46-59H2,1-2H3/b7-5-,13-11-,18-17-,21-20-,24-23-,27-26-,30-29-,33-32-,36-35-,39-38-,42-41-,45-44-. The fraction of sp³-hybridized carbons (Fsp3) is 0.581. The van der Waals surface area contributed by atoms with E-state index in [0.717, 1.165) is 128 Å². The Morgan fingerprint density at radius 2 is 0.642 bits per heavy atom. The van der Waals surface area contributed by atoms with E-state index in [9.17, 15) is 14.7 Å². The van der Waals surface area contributed by atoms with Crippen LogP contribution in [0.3, 0.4) is 0 Å². The average molecular weight is 923 g/mol. The van der Waals surface area contributed by atoms with Crippen molar-refractivity contribution < 1.29 is 24.2 Å². The van der Waals surface area contributed by atoms with E-state index >= 15 is 0 Å². The highest BCUT2D eigenvalue weighted by atomic mass is 16.6. The molecule has 0 aliphatic rings. The summed E-state index contributed by atoms with van der Waals surface area (Å²) < 4.78 is 10.6. The Kier molecular flexibility index (Phi) is 52.6. The molecule has 0 aliphatic carbocycles. The van der Waals surface area contributed by atoms with E-state index < -0.39 is 6.10 Å². The van der Waals surface area contributed by atoms with Gasteiger partial charge in [0.15, 0.2) is 6.10 Å². The minimum Gasteiger partial charge on any atom is -0.462 e. The summed E-state index contributed by atoms with van der Waals surface area (Å²) in [6.45, 7) is 3.99. The van der Waals surface area contributed by atoms with E-state index in [-0.39, 0.29) is 25.2 Å². The second kappa shape index (κ2) is 56.1. The Morgan fingerprint density at radius 3 is 0.970 bits per heavy atom. The number of unbranched alkanes of at least 4 members (excludes halogenated alkanes) is 15. The van der Waals surface area contributed by atoms with E-state index in [4.69, 9.17) is 9.47 Å². The maximum atomic E-state index is 12.2. The summed E-state index contributed by atoms with van der Waals surface area (Å²) in [5.41, 5.74) is 0. The molecule has 376 valence electrons. The van der Waals surface area contributed by atoms with Crippen LogP contribution in [0.5, 0.6) is 0 Å². The highest BCUT2D eigenvalue weighted by Crippen LogP contribution is 2.13. The van der Waals surface area contributed by atoms with Gasteiger partial charge in [-0.1, -0.05) is 243 Å². The minimum atomic E-state index is -0.792. The van der Waals surface area contributed by atoms with Crippen molar-refractivity contribution in [3.63, 3.8) is 0 Å². The molecule has 1 N–H and O–H groups in total. The number of allylic oxidation sites excluding steroid dienone is 24. The topological polar surface area (TPSA) is 72.8 Å². The number of carbonyl (C=O) groups excluding carboxylic acids is 2. The molecular formula is C62H98O5. The van der Waals surface area contributed by atoms with Gasteiger partial charge >= 0.3 is 11.9 Å². The van der Waals surface area contributed by atoms with Crippen molar-refractivity contribution in [2.24, 2.45) is 0 Å². The maximum absolute atomic E-state index is 12.2. The summed E-state index contributed by atoms with van der Waals surface area (Å²) in [6.07, 6.45) is 85.2. The van der Waals surface area contributed by atoms with Crippen LogP contribution in [-0.4, -0.2) is 36.4 Å². The zero-order chi connectivity index (χ0) is 48.5. The summed E-state index contributed by atoms with van der Waals surface area (Å²) >= 11 is 0. The number of esters is 2. The minimum absolute atomic E-state index is 0.0824. The number of ether oxygens (including phenoxy) is 2. The molecule has 1 atom stereocenters. The van der Waals surface area contributed by atoms with E-state index in [2.05, 4.69) is 160 Å². The zero-order valence-corrected chi connectivity index (χ0v) is 42.8. The molecule has 0 rings (SSSR count). The van der Waals surface area contributed by atoms with Gasteiger partial charge in [-0.05, 0) is 103 Å². The van der Waals surface area contributed by atoms with Gasteiger partial charge < -0.3 is 14.6 Å². The Balaban J connectivity index is 3.68. The molecule has 0 radical (unpaired) electrons. The van der Waals surface area contributed by atoms with Crippen molar-refractivity contribution in [3.05, 3.63) is 146 Å². The monoisotopic (exact) mass is 923 g/mol. The summed E-state index contributed by atoms with van der Waals surface area (Å²) in [7, 11) is 0. The van der Waals surface area contributed by atoms with Crippen molar-refractivity contribution >= 4 is 11.9 Å². The van der Waals surface area contributed by atoms with Gasteiger partial charge in [0.05, 0.1) is 6.61 Å². The van der Waals surface area contributed by atoms with Gasteiger partial charge in [-0.15, -0.1) is 0 Å². The predicted octanol–water partition coefficient (Wildman–Crippen LogP) is 18.2. The maximum Gasteiger partial charge on any atom is 0.306 e. The van der Waals surface area contributed by atoms with Crippen molar-refractivity contribution in [1.82, 2.24) is 0 Å². The molecule has 0 amide bonds. The Bertz CT molecular complexity index is 1460. The molecule has 0 heterocycles. The normalized spacial score (nSPS) is 13.4. The lowest BCUT2D eigenvalue weighted by atomic mass is 10.0. The first-order chi connectivity index (χ1) is 33.1. The molecule has 0 aromatic carbocycles. The van der Waals surface area contributed by atoms with Crippen molar-refractivity contribution in [1.29, 1.82) is 0 Å². The third-order valence-electron chi connectivity index (χ3n) is 10.9. The largest absolute Gasteiger partial charge is 0.462 e. The molecule has 5 heteroatoms. The number of aliphatic hydroxyl groups is 1. The fourth-order valence-corrected chi connectivity index (χ4v) is 6.89. The van der Waals surface area contributed by atoms with Gasteiger partial charge in [-0.25, -0.2) is 0 Å². The van der Waals surface area contributed by atoms with Crippen LogP contribution in [0.25, 0.3) is 0 Å². The molecule has 0 aromatic heterocycles. The van der Waals surface area contributed by atoms with Gasteiger partial charge in [-0.2, -0.15) is 0 Å². The van der Waals surface area contributed by atoms with Crippen LogP contribution in [0.1, 0.15) is 213 Å². The quantitative estimate of drug-likeness (QED) is 0.0374. The number of aliphatic hydroxyl groups excluding tert-OH is 1. The Hall–Kier alpha value is -4.22. The molecule has 0 fully saturated rings. The van der Waals surface area contributed by atoms with Gasteiger partial charge in [0, 0.05) is 12.8 Å². The smallest absolute Gasteiger partial charge is 0.306 e. The molecule has 0 saturated heterocycles. The van der Waals surface area contributed by atoms with E-state index in [0.29, 0.717) is 12.8 Å². The molecular weight excluding hydrogens is 825 g/mol. The number of rotatable bonds is 47. The van der Waals surface area contributed by atoms with E-state index in [1.165, 1.54) is 57.8 Å². The van der Waals surface area contributed by atoms with Crippen LogP contribution in [0.2, 0.25) is 0 Å². The predicted molar refractivity (Wildman–Crippen MR) is 292 cm³/mol. The molecule has 67 heavy (non-hydrogen) atoms. The Labute approximate surface area is 412 Å². The van der Waals surface area contributed by atoms with Crippen molar-refractivity contribution in [3.8, 4) is 0 Å². The summed E-state index contributed by atoms with van der Waals surface area (Å²) in [6, 6.07) is 0. The number of hydrogen-bond donors (Lipinski definition) is 1. The average Bonchev–Trinajstić information content (AvgIpc) is 3.33. The third-order valence-corrected chi connectivity index (χ3v) is 10.9. The van der Waals surface area contributed by atoms with Crippen LogP contribution < -0.4 is 0 Å². The van der Waals surface area contributed by atoms with Crippen LogP contribution in [0, 0.1) is 0 Å². The summed E-state index contributed by atoms with van der Waals surface area (Å²) in [5.74, 6) is -0.628. The van der Waals surface area contributed by atoms with Gasteiger partial charge in [0.1, 0.15) is 6.61 Å². The number of hydrogen-bond acceptors (Lipinski definition) is 5. The molecule has 0 spiro atoms. The molecule has 0 aromatic rings. The van der Waals surface area contributed by atoms with Crippen LogP contribution >= 0.6 is 0 Å². The number of carbonyl (C=O) groups is 2. The van der Waals surface area contributed by atoms with E-state index in [1.807, 2.05) is 0 Å². The summed E-state index contributed by atoms with van der Waals surface area (Å²) in [5, 5.41) is 9.60. The first-order valence-corrected chi connectivity index (χ1v) is 26.9. The second-order valence-corrected chi connectivity index (χ2v) is 17.2. The molecule has 0 aliphatic heterocycles. The van der Waals surface area contributed by atoms with Crippen LogP contribution in [0.4, 0.5) is 0 Å². The Morgan fingerprint density at radius 1 is 0.358 bits per heavy atom. The summed E-state index contributed by atoms with van der Waals surface area (Å²) in [4.78, 5) is 24.4. The van der Waals surface area contributed by atoms with Crippen LogP contribution in [-0.2, 0) is 19.1 Å². The lowest BCUT2D eigenvalue weighted by molar-refractivity contribution is -0.161. The third kappa shape index (κ3) is 54.3. The first-order valence-electron chi connectivity index (χ1n) is 26.9.